The lowest BCUT2D eigenvalue weighted by atomic mass is 10.3. The number of aromatic amines is 1. The molecule has 0 spiro atoms. The Balaban J connectivity index is 1.96. The van der Waals surface area contributed by atoms with E-state index in [1.807, 2.05) is 22.8 Å². The molecule has 1 aromatic carbocycles. The average Bonchev–Trinajstić information content (AvgIpc) is 2.93. The van der Waals surface area contributed by atoms with Crippen LogP contribution in [-0.2, 0) is 13.0 Å². The van der Waals surface area contributed by atoms with Crippen LogP contribution in [0.4, 0.5) is 0 Å². The Morgan fingerprint density at radius 3 is 3.11 bits per heavy atom. The van der Waals surface area contributed by atoms with Gasteiger partial charge < -0.3 is 14.1 Å². The summed E-state index contributed by atoms with van der Waals surface area (Å²) in [5.41, 5.74) is 2.09. The van der Waals surface area contributed by atoms with Crippen molar-refractivity contribution >= 4 is 39.2 Å². The predicted molar refractivity (Wildman–Crippen MR) is 72.8 cm³/mol. The minimum absolute atomic E-state index is 0.684. The van der Waals surface area contributed by atoms with Crippen molar-refractivity contribution in [3.8, 4) is 0 Å². The minimum Gasteiger partial charge on any atom is -0.343 e. The molecule has 0 unspecified atom stereocenters. The molecule has 0 aliphatic rings. The molecule has 3 aromatic rings. The highest BCUT2D eigenvalue weighted by atomic mass is 79.9. The lowest BCUT2D eigenvalue weighted by Crippen LogP contribution is -2.02. The molecule has 0 bridgehead atoms. The zero-order valence-corrected chi connectivity index (χ0v) is 11.7. The molecule has 2 heterocycles. The van der Waals surface area contributed by atoms with E-state index in [0.29, 0.717) is 17.0 Å². The monoisotopic (exact) mass is 324 g/mol. The van der Waals surface area contributed by atoms with Gasteiger partial charge in [0.05, 0.1) is 11.0 Å². The molecule has 2 aromatic heterocycles. The molecule has 0 aliphatic carbocycles. The van der Waals surface area contributed by atoms with E-state index in [1.165, 1.54) is 6.39 Å². The Labute approximate surface area is 116 Å². The maximum Gasteiger partial charge on any atom is 0.213 e. The largest absolute Gasteiger partial charge is 0.343 e. The molecular weight excluding hydrogens is 316 g/mol. The molecule has 1 N–H and O–H groups in total. The Hall–Kier alpha value is -1.47. The van der Waals surface area contributed by atoms with Gasteiger partial charge in [0.15, 0.2) is 10.6 Å². The van der Waals surface area contributed by atoms with Crippen LogP contribution in [0.2, 0.25) is 0 Å². The van der Waals surface area contributed by atoms with Crippen LogP contribution in [0.5, 0.6) is 0 Å². The average molecular weight is 325 g/mol. The quantitative estimate of drug-likeness (QED) is 0.752. The van der Waals surface area contributed by atoms with Gasteiger partial charge in [-0.2, -0.15) is 4.98 Å². The molecule has 18 heavy (non-hydrogen) atoms. The first kappa shape index (κ1) is 11.6. The van der Waals surface area contributed by atoms with Crippen LogP contribution >= 0.6 is 28.1 Å². The third-order valence-electron chi connectivity index (χ3n) is 2.70. The Bertz CT molecular complexity index is 731. The van der Waals surface area contributed by atoms with Crippen LogP contribution in [0, 0.1) is 4.77 Å². The second kappa shape index (κ2) is 4.66. The minimum atomic E-state index is 0.684. The number of hydrogen-bond donors (Lipinski definition) is 1. The van der Waals surface area contributed by atoms with Crippen LogP contribution in [0.1, 0.15) is 5.82 Å². The first-order chi connectivity index (χ1) is 8.74. The number of halogens is 1. The van der Waals surface area contributed by atoms with Crippen molar-refractivity contribution < 1.29 is 4.52 Å². The summed E-state index contributed by atoms with van der Waals surface area (Å²) < 4.78 is 8.47. The molecule has 0 saturated heterocycles. The van der Waals surface area contributed by atoms with Crippen molar-refractivity contribution in [1.29, 1.82) is 0 Å². The standard InChI is InChI=1S/C11H9BrN4OS/c12-7-1-2-9-8(5-7)14-11(18)16(9)4-3-10-13-6-17-15-10/h1-2,5-6H,3-4H2,(H,14,18). The Morgan fingerprint density at radius 2 is 2.33 bits per heavy atom. The summed E-state index contributed by atoms with van der Waals surface area (Å²) in [6, 6.07) is 6.04. The molecule has 0 saturated carbocycles. The van der Waals surface area contributed by atoms with Gasteiger partial charge in [-0.15, -0.1) is 0 Å². The zero-order valence-electron chi connectivity index (χ0n) is 9.26. The molecule has 7 heteroatoms. The third-order valence-corrected chi connectivity index (χ3v) is 3.52. The molecule has 5 nitrogen and oxygen atoms in total. The maximum atomic E-state index is 5.32. The number of rotatable bonds is 3. The van der Waals surface area contributed by atoms with E-state index >= 15 is 0 Å². The lowest BCUT2D eigenvalue weighted by molar-refractivity contribution is 0.408. The topological polar surface area (TPSA) is 59.6 Å². The molecule has 0 radical (unpaired) electrons. The fraction of sp³-hybridized carbons (Fsp3) is 0.182. The summed E-state index contributed by atoms with van der Waals surface area (Å²) in [4.78, 5) is 7.18. The van der Waals surface area contributed by atoms with Crippen LogP contribution < -0.4 is 0 Å². The van der Waals surface area contributed by atoms with Crippen molar-refractivity contribution in [3.63, 3.8) is 0 Å². The van der Waals surface area contributed by atoms with Gasteiger partial charge in [0.25, 0.3) is 0 Å². The van der Waals surface area contributed by atoms with Crippen molar-refractivity contribution in [3.05, 3.63) is 39.7 Å². The van der Waals surface area contributed by atoms with Crippen LogP contribution in [0.15, 0.2) is 33.6 Å². The fourth-order valence-electron chi connectivity index (χ4n) is 1.87. The van der Waals surface area contributed by atoms with Gasteiger partial charge in [0.2, 0.25) is 6.39 Å². The van der Waals surface area contributed by atoms with Gasteiger partial charge in [0.1, 0.15) is 0 Å². The number of nitrogens with zero attached hydrogens (tertiary/aromatic N) is 3. The van der Waals surface area contributed by atoms with E-state index < -0.39 is 0 Å². The van der Waals surface area contributed by atoms with E-state index in [4.69, 9.17) is 16.7 Å². The van der Waals surface area contributed by atoms with E-state index in [0.717, 1.165) is 22.1 Å². The number of imidazole rings is 1. The van der Waals surface area contributed by atoms with Gasteiger partial charge in [-0.3, -0.25) is 0 Å². The second-order valence-electron chi connectivity index (χ2n) is 3.84. The normalized spacial score (nSPS) is 11.2. The summed E-state index contributed by atoms with van der Waals surface area (Å²) in [6.07, 6.45) is 2.02. The summed E-state index contributed by atoms with van der Waals surface area (Å²) in [5, 5.41) is 3.79. The predicted octanol–water partition coefficient (Wildman–Crippen LogP) is 3.09. The van der Waals surface area contributed by atoms with Crippen molar-refractivity contribution in [2.75, 3.05) is 0 Å². The number of aromatic nitrogens is 4. The highest BCUT2D eigenvalue weighted by Crippen LogP contribution is 2.19. The number of fused-ring (bicyclic) bond motifs is 1. The number of hydrogen-bond acceptors (Lipinski definition) is 4. The van der Waals surface area contributed by atoms with Crippen LogP contribution in [-0.4, -0.2) is 19.7 Å². The summed E-state index contributed by atoms with van der Waals surface area (Å²) in [5.74, 6) is 0.684. The zero-order chi connectivity index (χ0) is 12.5. The van der Waals surface area contributed by atoms with Crippen molar-refractivity contribution in [2.24, 2.45) is 0 Å². The van der Waals surface area contributed by atoms with E-state index in [1.54, 1.807) is 0 Å². The number of aryl methyl sites for hydroxylation is 2. The van der Waals surface area contributed by atoms with Gasteiger partial charge in [0, 0.05) is 17.4 Å². The number of H-pyrrole nitrogens is 1. The SMILES string of the molecule is S=c1[nH]c2cc(Br)ccc2n1CCc1ncon1. The maximum absolute atomic E-state index is 5.32. The Morgan fingerprint density at radius 1 is 1.44 bits per heavy atom. The van der Waals surface area contributed by atoms with Crippen LogP contribution in [0.3, 0.4) is 0 Å². The summed E-state index contributed by atoms with van der Waals surface area (Å²) in [7, 11) is 0. The van der Waals surface area contributed by atoms with Gasteiger partial charge in [-0.25, -0.2) is 0 Å². The van der Waals surface area contributed by atoms with Gasteiger partial charge in [-0.1, -0.05) is 21.1 Å². The molecule has 3 rings (SSSR count). The first-order valence-corrected chi connectivity index (χ1v) is 6.57. The number of nitrogens with one attached hydrogen (secondary N) is 1. The van der Waals surface area contributed by atoms with Gasteiger partial charge >= 0.3 is 0 Å². The number of benzene rings is 1. The van der Waals surface area contributed by atoms with Crippen molar-refractivity contribution in [2.45, 2.75) is 13.0 Å². The smallest absolute Gasteiger partial charge is 0.213 e. The van der Waals surface area contributed by atoms with Crippen LogP contribution in [0.25, 0.3) is 11.0 Å². The fourth-order valence-corrected chi connectivity index (χ4v) is 2.53. The second-order valence-corrected chi connectivity index (χ2v) is 5.14. The summed E-state index contributed by atoms with van der Waals surface area (Å²) >= 11 is 8.76. The van der Waals surface area contributed by atoms with Gasteiger partial charge in [-0.05, 0) is 30.4 Å². The highest BCUT2D eigenvalue weighted by Gasteiger charge is 2.06. The molecule has 0 fully saturated rings. The molecular formula is C11H9BrN4OS. The summed E-state index contributed by atoms with van der Waals surface area (Å²) in [6.45, 7) is 0.722. The lowest BCUT2D eigenvalue weighted by Gasteiger charge is -2.01. The molecule has 0 amide bonds. The molecule has 92 valence electrons. The van der Waals surface area contributed by atoms with E-state index in [-0.39, 0.29) is 0 Å². The Kier molecular flexibility index (Phi) is 3.00. The van der Waals surface area contributed by atoms with E-state index in [2.05, 4.69) is 31.1 Å². The van der Waals surface area contributed by atoms with Crippen molar-refractivity contribution in [1.82, 2.24) is 19.7 Å². The van der Waals surface area contributed by atoms with E-state index in [9.17, 15) is 0 Å². The first-order valence-electron chi connectivity index (χ1n) is 5.37. The molecule has 0 aliphatic heterocycles. The molecule has 0 atom stereocenters. The third kappa shape index (κ3) is 2.11. The highest BCUT2D eigenvalue weighted by molar-refractivity contribution is 9.10.